The van der Waals surface area contributed by atoms with Crippen LogP contribution in [0.15, 0.2) is 48.5 Å². The molecule has 0 aliphatic rings. The molecule has 0 saturated carbocycles. The first kappa shape index (κ1) is 16.8. The molecule has 6 heteroatoms. The Labute approximate surface area is 139 Å². The molecule has 0 spiro atoms. The summed E-state index contributed by atoms with van der Waals surface area (Å²) in [5.41, 5.74) is 1.36. The highest BCUT2D eigenvalue weighted by Gasteiger charge is 2.08. The lowest BCUT2D eigenvalue weighted by Gasteiger charge is -2.08. The van der Waals surface area contributed by atoms with E-state index in [9.17, 15) is 9.59 Å². The summed E-state index contributed by atoms with van der Waals surface area (Å²) in [5, 5.41) is 5.76. The van der Waals surface area contributed by atoms with Gasteiger partial charge >= 0.3 is 0 Å². The Morgan fingerprint density at radius 1 is 1.09 bits per heavy atom. The van der Waals surface area contributed by atoms with Gasteiger partial charge in [-0.2, -0.15) is 0 Å². The van der Waals surface area contributed by atoms with Crippen molar-refractivity contribution in [2.24, 2.45) is 0 Å². The minimum atomic E-state index is -0.341. The molecule has 0 bridgehead atoms. The summed E-state index contributed by atoms with van der Waals surface area (Å²) in [7, 11) is 1.60. The van der Waals surface area contributed by atoms with E-state index in [1.807, 2.05) is 24.3 Å². The molecule has 0 atom stereocenters. The molecule has 5 nitrogen and oxygen atoms in total. The van der Waals surface area contributed by atoms with E-state index in [1.165, 1.54) is 0 Å². The average molecular weight is 333 g/mol. The van der Waals surface area contributed by atoms with Gasteiger partial charge in [-0.05, 0) is 35.9 Å². The minimum Gasteiger partial charge on any atom is -0.497 e. The summed E-state index contributed by atoms with van der Waals surface area (Å²) in [6.45, 7) is 0.289. The topological polar surface area (TPSA) is 67.4 Å². The number of nitrogens with one attached hydrogen (secondary N) is 2. The molecule has 0 aliphatic carbocycles. The molecular weight excluding hydrogens is 316 g/mol. The van der Waals surface area contributed by atoms with Crippen molar-refractivity contribution in [3.63, 3.8) is 0 Å². The molecular formula is C17H17ClN2O3. The summed E-state index contributed by atoms with van der Waals surface area (Å²) in [6, 6.07) is 13.9. The Balaban J connectivity index is 1.77. The first-order valence-electron chi connectivity index (χ1n) is 7.02. The predicted molar refractivity (Wildman–Crippen MR) is 88.6 cm³/mol. The van der Waals surface area contributed by atoms with E-state index in [4.69, 9.17) is 16.3 Å². The molecule has 2 aromatic rings. The Kier molecular flexibility index (Phi) is 6.00. The van der Waals surface area contributed by atoms with Gasteiger partial charge in [0.2, 0.25) is 5.91 Å². The number of benzene rings is 2. The molecule has 0 aromatic heterocycles. The van der Waals surface area contributed by atoms with Gasteiger partial charge in [-0.25, -0.2) is 0 Å². The number of carbonyl (C=O) groups excluding carboxylic acids is 2. The van der Waals surface area contributed by atoms with Crippen molar-refractivity contribution in [2.75, 3.05) is 13.7 Å². The average Bonchev–Trinajstić information content (AvgIpc) is 2.58. The number of hydrogen-bond donors (Lipinski definition) is 2. The van der Waals surface area contributed by atoms with Crippen molar-refractivity contribution < 1.29 is 14.3 Å². The van der Waals surface area contributed by atoms with Crippen molar-refractivity contribution in [1.29, 1.82) is 0 Å². The minimum absolute atomic E-state index is 0.0957. The van der Waals surface area contributed by atoms with Crippen molar-refractivity contribution >= 4 is 23.4 Å². The predicted octanol–water partition coefficient (Wildman–Crippen LogP) is 2.39. The molecule has 23 heavy (non-hydrogen) atoms. The van der Waals surface area contributed by atoms with Gasteiger partial charge in [0.05, 0.1) is 13.7 Å². The van der Waals surface area contributed by atoms with Crippen LogP contribution in [-0.4, -0.2) is 25.5 Å². The molecule has 0 unspecified atom stereocenters. The number of hydrogen-bond acceptors (Lipinski definition) is 3. The van der Waals surface area contributed by atoms with Gasteiger partial charge in [0, 0.05) is 17.1 Å². The van der Waals surface area contributed by atoms with Gasteiger partial charge in [-0.3, -0.25) is 9.59 Å². The van der Waals surface area contributed by atoms with Gasteiger partial charge in [0.1, 0.15) is 5.75 Å². The number of halogens is 1. The zero-order valence-corrected chi connectivity index (χ0v) is 13.4. The van der Waals surface area contributed by atoms with Crippen molar-refractivity contribution in [1.82, 2.24) is 10.6 Å². The van der Waals surface area contributed by atoms with Gasteiger partial charge in [0.25, 0.3) is 5.91 Å². The maximum Gasteiger partial charge on any atom is 0.251 e. The Morgan fingerprint density at radius 2 is 1.83 bits per heavy atom. The van der Waals surface area contributed by atoms with E-state index in [0.29, 0.717) is 17.1 Å². The number of amides is 2. The zero-order valence-electron chi connectivity index (χ0n) is 12.6. The van der Waals surface area contributed by atoms with Crippen LogP contribution >= 0.6 is 11.6 Å². The van der Waals surface area contributed by atoms with Gasteiger partial charge in [-0.15, -0.1) is 0 Å². The Bertz CT molecular complexity index is 686. The highest BCUT2D eigenvalue weighted by Crippen LogP contribution is 2.11. The number of rotatable bonds is 6. The largest absolute Gasteiger partial charge is 0.497 e. The molecule has 120 valence electrons. The molecule has 0 saturated heterocycles. The van der Waals surface area contributed by atoms with E-state index in [-0.39, 0.29) is 18.4 Å². The van der Waals surface area contributed by atoms with Crippen LogP contribution in [0.2, 0.25) is 5.02 Å². The van der Waals surface area contributed by atoms with Crippen molar-refractivity contribution in [3.05, 3.63) is 64.7 Å². The van der Waals surface area contributed by atoms with E-state index < -0.39 is 0 Å². The first-order valence-corrected chi connectivity index (χ1v) is 7.39. The van der Waals surface area contributed by atoms with Gasteiger partial charge in [-0.1, -0.05) is 29.8 Å². The number of methoxy groups -OCH3 is 1. The van der Waals surface area contributed by atoms with E-state index >= 15 is 0 Å². The highest BCUT2D eigenvalue weighted by molar-refractivity contribution is 6.30. The van der Waals surface area contributed by atoms with Crippen molar-refractivity contribution in [3.8, 4) is 5.75 Å². The molecule has 2 amide bonds. The second-order valence-electron chi connectivity index (χ2n) is 4.82. The molecule has 0 heterocycles. The highest BCUT2D eigenvalue weighted by atomic mass is 35.5. The van der Waals surface area contributed by atoms with Crippen molar-refractivity contribution in [2.45, 2.75) is 6.54 Å². The van der Waals surface area contributed by atoms with E-state index in [2.05, 4.69) is 10.6 Å². The SMILES string of the molecule is COc1ccc(CNC(=O)CNC(=O)c2cccc(Cl)c2)cc1. The summed E-state index contributed by atoms with van der Waals surface area (Å²) >= 11 is 5.82. The number of ether oxygens (including phenoxy) is 1. The zero-order chi connectivity index (χ0) is 16.7. The monoisotopic (exact) mass is 332 g/mol. The fraction of sp³-hybridized carbons (Fsp3) is 0.176. The lowest BCUT2D eigenvalue weighted by molar-refractivity contribution is -0.120. The van der Waals surface area contributed by atoms with Crippen LogP contribution in [0.1, 0.15) is 15.9 Å². The summed E-state index contributed by atoms with van der Waals surface area (Å²) < 4.78 is 5.07. The quantitative estimate of drug-likeness (QED) is 0.853. The van der Waals surface area contributed by atoms with Crippen LogP contribution in [0.3, 0.4) is 0 Å². The van der Waals surface area contributed by atoms with E-state index in [0.717, 1.165) is 11.3 Å². The molecule has 2 aromatic carbocycles. The second-order valence-corrected chi connectivity index (χ2v) is 5.25. The van der Waals surface area contributed by atoms with Gasteiger partial charge in [0.15, 0.2) is 0 Å². The standard InChI is InChI=1S/C17H17ClN2O3/c1-23-15-7-5-12(6-8-15)10-19-16(21)11-20-17(22)13-3-2-4-14(18)9-13/h2-9H,10-11H2,1H3,(H,19,21)(H,20,22). The maximum absolute atomic E-state index is 11.9. The first-order chi connectivity index (χ1) is 11.1. The maximum atomic E-state index is 11.9. The summed E-state index contributed by atoms with van der Waals surface area (Å²) in [6.07, 6.45) is 0. The summed E-state index contributed by atoms with van der Waals surface area (Å²) in [5.74, 6) is 0.150. The summed E-state index contributed by atoms with van der Waals surface area (Å²) in [4.78, 5) is 23.6. The lowest BCUT2D eigenvalue weighted by Crippen LogP contribution is -2.36. The fourth-order valence-electron chi connectivity index (χ4n) is 1.90. The van der Waals surface area contributed by atoms with Crippen LogP contribution in [0, 0.1) is 0 Å². The third-order valence-electron chi connectivity index (χ3n) is 3.15. The van der Waals surface area contributed by atoms with Crippen LogP contribution in [-0.2, 0) is 11.3 Å². The Hall–Kier alpha value is -2.53. The van der Waals surface area contributed by atoms with Crippen LogP contribution in [0.5, 0.6) is 5.75 Å². The van der Waals surface area contributed by atoms with Crippen LogP contribution < -0.4 is 15.4 Å². The third-order valence-corrected chi connectivity index (χ3v) is 3.38. The van der Waals surface area contributed by atoms with Crippen LogP contribution in [0.25, 0.3) is 0 Å². The smallest absolute Gasteiger partial charge is 0.251 e. The lowest BCUT2D eigenvalue weighted by atomic mass is 10.2. The number of carbonyl (C=O) groups is 2. The molecule has 0 aliphatic heterocycles. The second kappa shape index (κ2) is 8.19. The van der Waals surface area contributed by atoms with E-state index in [1.54, 1.807) is 31.4 Å². The van der Waals surface area contributed by atoms with Gasteiger partial charge < -0.3 is 15.4 Å². The Morgan fingerprint density at radius 3 is 2.48 bits per heavy atom. The third kappa shape index (κ3) is 5.30. The molecule has 2 N–H and O–H groups in total. The molecule has 2 rings (SSSR count). The van der Waals surface area contributed by atoms with Crippen LogP contribution in [0.4, 0.5) is 0 Å². The molecule has 0 radical (unpaired) electrons. The molecule has 0 fully saturated rings. The normalized spacial score (nSPS) is 10.0. The fourth-order valence-corrected chi connectivity index (χ4v) is 2.09.